The summed E-state index contributed by atoms with van der Waals surface area (Å²) in [5, 5.41) is 14.5. The second-order valence-electron chi connectivity index (χ2n) is 4.37. The monoisotopic (exact) mass is 336 g/mol. The third-order valence-corrected chi connectivity index (χ3v) is 3.48. The molecule has 0 spiro atoms. The van der Waals surface area contributed by atoms with Gasteiger partial charge in [0, 0.05) is 23.7 Å². The lowest BCUT2D eigenvalue weighted by atomic mass is 10.3. The Balaban J connectivity index is 1.70. The lowest BCUT2D eigenvalue weighted by Gasteiger charge is -2.09. The predicted molar refractivity (Wildman–Crippen MR) is 86.3 cm³/mol. The van der Waals surface area contributed by atoms with Crippen LogP contribution in [0.25, 0.3) is 0 Å². The summed E-state index contributed by atoms with van der Waals surface area (Å²) < 4.78 is 4.33. The van der Waals surface area contributed by atoms with E-state index in [9.17, 15) is 9.59 Å². The summed E-state index contributed by atoms with van der Waals surface area (Å²) in [5.74, 6) is -0.597. The number of anilines is 2. The molecule has 1 aromatic carbocycles. The Hall–Kier alpha value is -2.75. The third-order valence-electron chi connectivity index (χ3n) is 2.75. The molecule has 0 aliphatic carbocycles. The highest BCUT2D eigenvalue weighted by Gasteiger charge is 2.15. The van der Waals surface area contributed by atoms with Crippen LogP contribution in [0.4, 0.5) is 16.3 Å². The molecule has 5 N–H and O–H groups in total. The molecule has 1 heterocycles. The first-order valence-electron chi connectivity index (χ1n) is 6.65. The Morgan fingerprint density at radius 3 is 2.74 bits per heavy atom. The average Bonchev–Trinajstić information content (AvgIpc) is 2.97. The van der Waals surface area contributed by atoms with Crippen LogP contribution < -0.4 is 21.7 Å². The van der Waals surface area contributed by atoms with Crippen molar-refractivity contribution < 1.29 is 14.2 Å². The molecule has 2 aromatic rings. The second-order valence-corrected chi connectivity index (χ2v) is 5.25. The van der Waals surface area contributed by atoms with Crippen LogP contribution in [0.3, 0.4) is 0 Å². The molecular weight excluding hydrogens is 320 g/mol. The van der Waals surface area contributed by atoms with Crippen LogP contribution in [-0.2, 0) is 0 Å². The van der Waals surface area contributed by atoms with Crippen molar-refractivity contribution in [2.45, 2.75) is 4.90 Å². The van der Waals surface area contributed by atoms with E-state index in [2.05, 4.69) is 30.9 Å². The molecule has 0 aliphatic heterocycles. The molecule has 0 bridgehead atoms. The molecule has 0 fully saturated rings. The van der Waals surface area contributed by atoms with Gasteiger partial charge in [-0.1, -0.05) is 6.07 Å². The normalized spacial score (nSPS) is 10.1. The third kappa shape index (κ3) is 4.88. The number of nitrogens with two attached hydrogens (primary N) is 1. The van der Waals surface area contributed by atoms with Crippen molar-refractivity contribution in [3.8, 4) is 0 Å². The van der Waals surface area contributed by atoms with Crippen molar-refractivity contribution in [3.63, 3.8) is 0 Å². The van der Waals surface area contributed by atoms with Crippen molar-refractivity contribution in [3.05, 3.63) is 30.0 Å². The summed E-state index contributed by atoms with van der Waals surface area (Å²) in [4.78, 5) is 24.4. The van der Waals surface area contributed by atoms with E-state index >= 15 is 0 Å². The first kappa shape index (κ1) is 16.6. The maximum absolute atomic E-state index is 11.7. The molecule has 9 nitrogen and oxygen atoms in total. The van der Waals surface area contributed by atoms with Gasteiger partial charge in [-0.2, -0.15) is 0 Å². The molecule has 0 atom stereocenters. The van der Waals surface area contributed by atoms with Gasteiger partial charge in [-0.3, -0.25) is 4.79 Å². The SMILES string of the molecule is CSc1cccc(NC(=O)NCCNC(=O)c2nonc2N)c1. The van der Waals surface area contributed by atoms with E-state index in [1.165, 1.54) is 0 Å². The summed E-state index contributed by atoms with van der Waals surface area (Å²) in [6, 6.07) is 7.11. The summed E-state index contributed by atoms with van der Waals surface area (Å²) in [5.41, 5.74) is 6.01. The van der Waals surface area contributed by atoms with Crippen molar-refractivity contribution in [1.29, 1.82) is 0 Å². The number of aromatic nitrogens is 2. The Morgan fingerprint density at radius 2 is 2.04 bits per heavy atom. The number of thioether (sulfide) groups is 1. The number of carbonyl (C=O) groups excluding carboxylic acids is 2. The first-order valence-corrected chi connectivity index (χ1v) is 7.87. The second kappa shape index (κ2) is 8.03. The number of benzene rings is 1. The summed E-state index contributed by atoms with van der Waals surface area (Å²) >= 11 is 1.59. The van der Waals surface area contributed by atoms with E-state index in [0.717, 1.165) is 4.90 Å². The van der Waals surface area contributed by atoms with Gasteiger partial charge in [-0.15, -0.1) is 11.8 Å². The number of hydrogen-bond acceptors (Lipinski definition) is 7. The fraction of sp³-hybridized carbons (Fsp3) is 0.231. The van der Waals surface area contributed by atoms with E-state index in [1.54, 1.807) is 17.8 Å². The maximum atomic E-state index is 11.7. The van der Waals surface area contributed by atoms with Gasteiger partial charge in [0.1, 0.15) is 0 Å². The number of nitrogen functional groups attached to an aromatic ring is 1. The van der Waals surface area contributed by atoms with Gasteiger partial charge in [-0.25, -0.2) is 9.42 Å². The van der Waals surface area contributed by atoms with Gasteiger partial charge < -0.3 is 21.7 Å². The van der Waals surface area contributed by atoms with E-state index in [4.69, 9.17) is 5.73 Å². The molecule has 0 saturated heterocycles. The minimum atomic E-state index is -0.515. The molecular formula is C13H16N6O3S. The van der Waals surface area contributed by atoms with Crippen LogP contribution in [0.2, 0.25) is 0 Å². The number of nitrogens with one attached hydrogen (secondary N) is 3. The molecule has 10 heteroatoms. The Labute approximate surface area is 136 Å². The average molecular weight is 336 g/mol. The van der Waals surface area contributed by atoms with E-state index in [-0.39, 0.29) is 30.6 Å². The fourth-order valence-corrected chi connectivity index (χ4v) is 2.12. The maximum Gasteiger partial charge on any atom is 0.319 e. The molecule has 0 saturated carbocycles. The van der Waals surface area contributed by atoms with E-state index < -0.39 is 5.91 Å². The van der Waals surface area contributed by atoms with Crippen LogP contribution in [-0.4, -0.2) is 41.6 Å². The van der Waals surface area contributed by atoms with E-state index in [1.807, 2.05) is 24.5 Å². The number of rotatable bonds is 6. The van der Waals surface area contributed by atoms with Crippen molar-refractivity contribution in [2.24, 2.45) is 0 Å². The molecule has 1 aromatic heterocycles. The molecule has 23 heavy (non-hydrogen) atoms. The number of carbonyl (C=O) groups is 2. The highest BCUT2D eigenvalue weighted by Crippen LogP contribution is 2.18. The van der Waals surface area contributed by atoms with Gasteiger partial charge in [0.05, 0.1) is 0 Å². The van der Waals surface area contributed by atoms with E-state index in [0.29, 0.717) is 5.69 Å². The van der Waals surface area contributed by atoms with Crippen molar-refractivity contribution >= 4 is 35.2 Å². The zero-order chi connectivity index (χ0) is 16.7. The Morgan fingerprint density at radius 1 is 1.26 bits per heavy atom. The summed E-state index contributed by atoms with van der Waals surface area (Å²) in [6.07, 6.45) is 1.96. The van der Waals surface area contributed by atoms with Gasteiger partial charge in [0.25, 0.3) is 5.91 Å². The molecule has 0 radical (unpaired) electrons. The zero-order valence-corrected chi connectivity index (χ0v) is 13.1. The zero-order valence-electron chi connectivity index (χ0n) is 12.3. The van der Waals surface area contributed by atoms with Gasteiger partial charge >= 0.3 is 6.03 Å². The summed E-state index contributed by atoms with van der Waals surface area (Å²) in [6.45, 7) is 0.453. The molecule has 122 valence electrons. The summed E-state index contributed by atoms with van der Waals surface area (Å²) in [7, 11) is 0. The van der Waals surface area contributed by atoms with Crippen LogP contribution >= 0.6 is 11.8 Å². The lowest BCUT2D eigenvalue weighted by molar-refractivity contribution is 0.0944. The van der Waals surface area contributed by atoms with Gasteiger partial charge in [0.2, 0.25) is 11.5 Å². The fourth-order valence-electron chi connectivity index (χ4n) is 1.66. The lowest BCUT2D eigenvalue weighted by Crippen LogP contribution is -2.37. The quantitative estimate of drug-likeness (QED) is 0.455. The minimum absolute atomic E-state index is 0.0802. The number of amides is 3. The molecule has 3 amide bonds. The smallest absolute Gasteiger partial charge is 0.319 e. The Bertz CT molecular complexity index is 690. The van der Waals surface area contributed by atoms with Crippen LogP contribution in [0.1, 0.15) is 10.5 Å². The van der Waals surface area contributed by atoms with Crippen LogP contribution in [0.5, 0.6) is 0 Å². The first-order chi connectivity index (χ1) is 11.1. The highest BCUT2D eigenvalue weighted by atomic mass is 32.2. The highest BCUT2D eigenvalue weighted by molar-refractivity contribution is 7.98. The molecule has 0 unspecified atom stereocenters. The van der Waals surface area contributed by atoms with Crippen LogP contribution in [0.15, 0.2) is 33.8 Å². The number of urea groups is 1. The van der Waals surface area contributed by atoms with Crippen LogP contribution in [0, 0.1) is 0 Å². The van der Waals surface area contributed by atoms with Crippen molar-refractivity contribution in [1.82, 2.24) is 20.9 Å². The standard InChI is InChI=1S/C13H16N6O3S/c1-23-9-4-2-3-8(7-9)17-13(21)16-6-5-15-12(20)10-11(14)19-22-18-10/h2-4,7H,5-6H2,1H3,(H2,14,19)(H,15,20)(H2,16,17,21). The van der Waals surface area contributed by atoms with Gasteiger partial charge in [0.15, 0.2) is 0 Å². The molecule has 2 rings (SSSR count). The number of hydrogen-bond donors (Lipinski definition) is 4. The van der Waals surface area contributed by atoms with Gasteiger partial charge in [-0.05, 0) is 34.8 Å². The Kier molecular flexibility index (Phi) is 5.80. The minimum Gasteiger partial charge on any atom is -0.379 e. The molecule has 0 aliphatic rings. The largest absolute Gasteiger partial charge is 0.379 e. The number of nitrogens with zero attached hydrogens (tertiary/aromatic N) is 2. The predicted octanol–water partition coefficient (Wildman–Crippen LogP) is 0.925. The van der Waals surface area contributed by atoms with Crippen molar-refractivity contribution in [2.75, 3.05) is 30.4 Å². The topological polar surface area (TPSA) is 135 Å².